The first kappa shape index (κ1) is 13.0. The maximum absolute atomic E-state index is 6.00. The van der Waals surface area contributed by atoms with Gasteiger partial charge in [0.15, 0.2) is 11.4 Å². The van der Waals surface area contributed by atoms with E-state index in [-0.39, 0.29) is 0 Å². The van der Waals surface area contributed by atoms with Crippen molar-refractivity contribution in [2.75, 3.05) is 11.6 Å². The summed E-state index contributed by atoms with van der Waals surface area (Å²) in [6.45, 7) is 0.457. The lowest BCUT2D eigenvalue weighted by Gasteiger charge is -2.30. The van der Waals surface area contributed by atoms with Gasteiger partial charge in [-0.05, 0) is 45.6 Å². The number of anilines is 2. The first-order valence-corrected chi connectivity index (χ1v) is 8.21. The van der Waals surface area contributed by atoms with Gasteiger partial charge in [-0.3, -0.25) is 0 Å². The molecule has 3 nitrogen and oxygen atoms in total. The molecular weight excluding hydrogens is 354 g/mol. The number of furan rings is 1. The number of fused-ring (bicyclic) bond motifs is 1. The molecule has 1 aliphatic rings. The highest BCUT2D eigenvalue weighted by molar-refractivity contribution is 9.10. The minimum atomic E-state index is 0.457. The first-order chi connectivity index (χ1) is 11.3. The lowest BCUT2D eigenvalue weighted by Crippen LogP contribution is -2.26. The number of nitrogens with zero attached hydrogens (tertiary/aromatic N) is 1. The minimum absolute atomic E-state index is 0.457. The van der Waals surface area contributed by atoms with Crippen molar-refractivity contribution in [2.24, 2.45) is 0 Å². The highest BCUT2D eigenvalue weighted by atomic mass is 79.9. The van der Waals surface area contributed by atoms with Gasteiger partial charge in [0.25, 0.3) is 0 Å². The quantitative estimate of drug-likeness (QED) is 0.423. The molecule has 4 heteroatoms. The Labute approximate surface area is 141 Å². The second-order valence-electron chi connectivity index (χ2n) is 5.55. The molecule has 0 bridgehead atoms. The Morgan fingerprint density at radius 1 is 0.913 bits per heavy atom. The smallest absolute Gasteiger partial charge is 0.194 e. The van der Waals surface area contributed by atoms with Crippen LogP contribution in [0.4, 0.5) is 11.4 Å². The molecule has 2 heterocycles. The van der Waals surface area contributed by atoms with Crippen LogP contribution in [0.3, 0.4) is 0 Å². The van der Waals surface area contributed by atoms with Gasteiger partial charge < -0.3 is 14.1 Å². The highest BCUT2D eigenvalue weighted by Gasteiger charge is 2.26. The van der Waals surface area contributed by atoms with Crippen LogP contribution >= 0.6 is 15.9 Å². The molecule has 1 aromatic heterocycles. The van der Waals surface area contributed by atoms with Crippen molar-refractivity contribution in [1.82, 2.24) is 0 Å². The zero-order valence-corrected chi connectivity index (χ0v) is 13.7. The number of halogens is 1. The Balaban J connectivity index is 1.82. The van der Waals surface area contributed by atoms with Crippen LogP contribution in [-0.4, -0.2) is 6.73 Å². The number of rotatable bonds is 1. The van der Waals surface area contributed by atoms with Crippen LogP contribution in [0.25, 0.3) is 21.7 Å². The minimum Gasteiger partial charge on any atom is -0.472 e. The van der Waals surface area contributed by atoms with E-state index in [4.69, 9.17) is 9.15 Å². The second kappa shape index (κ2) is 4.77. The Hall–Kier alpha value is -2.46. The molecule has 1 aliphatic heterocycles. The summed E-state index contributed by atoms with van der Waals surface area (Å²) in [5.41, 5.74) is 3.00. The van der Waals surface area contributed by atoms with Crippen molar-refractivity contribution in [1.29, 1.82) is 0 Å². The van der Waals surface area contributed by atoms with Gasteiger partial charge in [-0.15, -0.1) is 0 Å². The average Bonchev–Trinajstić information content (AvgIpc) is 2.92. The molecule has 23 heavy (non-hydrogen) atoms. The third-order valence-corrected chi connectivity index (χ3v) is 4.82. The normalized spacial score (nSPS) is 13.5. The van der Waals surface area contributed by atoms with Crippen molar-refractivity contribution in [3.8, 4) is 5.75 Å². The molecule has 0 atom stereocenters. The summed E-state index contributed by atoms with van der Waals surface area (Å²) in [5.74, 6) is 0.929. The molecule has 0 saturated carbocycles. The lowest BCUT2D eigenvalue weighted by molar-refractivity contribution is 0.324. The van der Waals surface area contributed by atoms with E-state index >= 15 is 0 Å². The standard InChI is InChI=1S/C19H12BrNO2/c20-19-18(13-7-1-2-9-15(13)23-19)21-11-22-16-10-4-6-12-5-3-8-14(21)17(12)16/h1-10H,11H2. The number of hydrogen-bond donors (Lipinski definition) is 0. The van der Waals surface area contributed by atoms with Gasteiger partial charge >= 0.3 is 0 Å². The summed E-state index contributed by atoms with van der Waals surface area (Å²) < 4.78 is 12.6. The van der Waals surface area contributed by atoms with Crippen molar-refractivity contribution in [3.05, 3.63) is 65.3 Å². The van der Waals surface area contributed by atoms with E-state index in [1.807, 2.05) is 30.3 Å². The Bertz CT molecular complexity index is 1050. The van der Waals surface area contributed by atoms with Gasteiger partial charge in [0.1, 0.15) is 17.0 Å². The van der Waals surface area contributed by atoms with Gasteiger partial charge in [-0.25, -0.2) is 0 Å². The molecule has 0 spiro atoms. The summed E-state index contributed by atoms with van der Waals surface area (Å²) in [5, 5.41) is 3.38. The predicted octanol–water partition coefficient (Wildman–Crippen LogP) is 5.84. The number of ether oxygens (including phenoxy) is 1. The van der Waals surface area contributed by atoms with Crippen LogP contribution in [0.5, 0.6) is 5.75 Å². The fourth-order valence-corrected chi connectivity index (χ4v) is 3.88. The van der Waals surface area contributed by atoms with Crippen LogP contribution in [-0.2, 0) is 0 Å². The molecule has 3 aromatic carbocycles. The van der Waals surface area contributed by atoms with E-state index in [1.165, 1.54) is 5.39 Å². The average molecular weight is 366 g/mol. The van der Waals surface area contributed by atoms with Gasteiger partial charge in [-0.2, -0.15) is 0 Å². The Kier molecular flexibility index (Phi) is 2.70. The fourth-order valence-electron chi connectivity index (χ4n) is 3.27. The predicted molar refractivity (Wildman–Crippen MR) is 95.5 cm³/mol. The van der Waals surface area contributed by atoms with E-state index in [0.717, 1.165) is 38.1 Å². The van der Waals surface area contributed by atoms with Gasteiger partial charge in [0.05, 0.1) is 5.69 Å². The zero-order valence-electron chi connectivity index (χ0n) is 12.1. The SMILES string of the molecule is Brc1oc2ccccc2c1N1COc2cccc3cccc1c23. The summed E-state index contributed by atoms with van der Waals surface area (Å²) in [4.78, 5) is 2.16. The monoisotopic (exact) mass is 365 g/mol. The summed E-state index contributed by atoms with van der Waals surface area (Å²) in [7, 11) is 0. The summed E-state index contributed by atoms with van der Waals surface area (Å²) in [6.07, 6.45) is 0. The van der Waals surface area contributed by atoms with Crippen molar-refractivity contribution < 1.29 is 9.15 Å². The van der Waals surface area contributed by atoms with Gasteiger partial charge in [-0.1, -0.05) is 36.4 Å². The van der Waals surface area contributed by atoms with E-state index < -0.39 is 0 Å². The molecule has 0 amide bonds. The highest BCUT2D eigenvalue weighted by Crippen LogP contribution is 2.46. The maximum Gasteiger partial charge on any atom is 0.194 e. The van der Waals surface area contributed by atoms with E-state index in [0.29, 0.717) is 6.73 Å². The molecule has 5 rings (SSSR count). The topological polar surface area (TPSA) is 25.6 Å². The van der Waals surface area contributed by atoms with Crippen LogP contribution < -0.4 is 9.64 Å². The maximum atomic E-state index is 6.00. The lowest BCUT2D eigenvalue weighted by atomic mass is 10.1. The van der Waals surface area contributed by atoms with Crippen LogP contribution in [0.15, 0.2) is 69.8 Å². The molecule has 0 saturated heterocycles. The Morgan fingerprint density at radius 3 is 2.65 bits per heavy atom. The van der Waals surface area contributed by atoms with Crippen molar-refractivity contribution >= 4 is 49.0 Å². The zero-order chi connectivity index (χ0) is 15.4. The van der Waals surface area contributed by atoms with Gasteiger partial charge in [0.2, 0.25) is 0 Å². The molecule has 112 valence electrons. The molecule has 0 aliphatic carbocycles. The molecule has 0 radical (unpaired) electrons. The van der Waals surface area contributed by atoms with Crippen molar-refractivity contribution in [2.45, 2.75) is 0 Å². The number of para-hydroxylation sites is 1. The third-order valence-electron chi connectivity index (χ3n) is 4.28. The molecule has 0 N–H and O–H groups in total. The van der Waals surface area contributed by atoms with Gasteiger partial charge in [0, 0.05) is 10.8 Å². The molecular formula is C19H12BrNO2. The van der Waals surface area contributed by atoms with Crippen LogP contribution in [0.2, 0.25) is 0 Å². The largest absolute Gasteiger partial charge is 0.472 e. The van der Waals surface area contributed by atoms with E-state index in [1.54, 1.807) is 0 Å². The Morgan fingerprint density at radius 2 is 1.74 bits per heavy atom. The molecule has 4 aromatic rings. The number of hydrogen-bond acceptors (Lipinski definition) is 3. The second-order valence-corrected chi connectivity index (χ2v) is 6.27. The van der Waals surface area contributed by atoms with Crippen molar-refractivity contribution in [3.63, 3.8) is 0 Å². The fraction of sp³-hybridized carbons (Fsp3) is 0.0526. The van der Waals surface area contributed by atoms with Crippen LogP contribution in [0.1, 0.15) is 0 Å². The first-order valence-electron chi connectivity index (χ1n) is 7.42. The summed E-state index contributed by atoms with van der Waals surface area (Å²) >= 11 is 3.57. The summed E-state index contributed by atoms with van der Waals surface area (Å²) in [6, 6.07) is 20.5. The van der Waals surface area contributed by atoms with Crippen LogP contribution in [0, 0.1) is 0 Å². The molecule has 0 unspecified atom stereocenters. The van der Waals surface area contributed by atoms with E-state index in [9.17, 15) is 0 Å². The molecule has 0 fully saturated rings. The van der Waals surface area contributed by atoms with E-state index in [2.05, 4.69) is 51.2 Å². The number of benzene rings is 3. The third kappa shape index (κ3) is 1.82.